The fourth-order valence-electron chi connectivity index (χ4n) is 3.57. The number of nitrogens with zero attached hydrogens (tertiary/aromatic N) is 2. The van der Waals surface area contributed by atoms with Crippen LogP contribution in [-0.4, -0.2) is 35.0 Å². The molecule has 2 aromatic rings. The molecule has 6 nitrogen and oxygen atoms in total. The number of anilines is 2. The Bertz CT molecular complexity index is 755. The van der Waals surface area contributed by atoms with Crippen molar-refractivity contribution < 1.29 is 4.79 Å². The predicted molar refractivity (Wildman–Crippen MR) is 106 cm³/mol. The van der Waals surface area contributed by atoms with Gasteiger partial charge < -0.3 is 20.9 Å². The highest BCUT2D eigenvalue weighted by atomic mass is 79.9. The number of hydrogen-bond donors (Lipinski definition) is 3. The molecular formula is C18H26BrN5O. The quantitative estimate of drug-likeness (QED) is 0.705. The summed E-state index contributed by atoms with van der Waals surface area (Å²) in [6.07, 6.45) is 7.42. The van der Waals surface area contributed by atoms with Crippen LogP contribution < -0.4 is 16.0 Å². The van der Waals surface area contributed by atoms with E-state index in [1.165, 1.54) is 0 Å². The number of halogens is 1. The van der Waals surface area contributed by atoms with Gasteiger partial charge in [0.2, 0.25) is 5.91 Å². The van der Waals surface area contributed by atoms with Crippen molar-refractivity contribution in [3.8, 4) is 0 Å². The van der Waals surface area contributed by atoms with Gasteiger partial charge in [-0.3, -0.25) is 4.79 Å². The molecule has 0 aliphatic carbocycles. The van der Waals surface area contributed by atoms with Gasteiger partial charge >= 0.3 is 0 Å². The molecule has 1 fully saturated rings. The van der Waals surface area contributed by atoms with E-state index in [9.17, 15) is 4.79 Å². The van der Waals surface area contributed by atoms with Crippen LogP contribution in [0.3, 0.4) is 0 Å². The van der Waals surface area contributed by atoms with E-state index in [1.807, 2.05) is 20.0 Å². The Kier molecular flexibility index (Phi) is 5.64. The van der Waals surface area contributed by atoms with Crippen LogP contribution >= 0.6 is 15.9 Å². The van der Waals surface area contributed by atoms with Crippen LogP contribution in [0.5, 0.6) is 0 Å². The monoisotopic (exact) mass is 407 g/mol. The zero-order valence-electron chi connectivity index (χ0n) is 14.8. The maximum atomic E-state index is 12.6. The molecule has 1 amide bonds. The molecule has 1 atom stereocenters. The predicted octanol–water partition coefficient (Wildman–Crippen LogP) is 3.63. The average Bonchev–Trinajstić information content (AvgIpc) is 2.99. The van der Waals surface area contributed by atoms with Gasteiger partial charge in [-0.05, 0) is 41.6 Å². The molecule has 25 heavy (non-hydrogen) atoms. The van der Waals surface area contributed by atoms with Crippen LogP contribution in [0, 0.1) is 5.92 Å². The smallest absolute Gasteiger partial charge is 0.227 e. The molecule has 3 heterocycles. The van der Waals surface area contributed by atoms with E-state index in [-0.39, 0.29) is 17.9 Å². The molecule has 0 aromatic carbocycles. The minimum absolute atomic E-state index is 0.0249. The second-order valence-electron chi connectivity index (χ2n) is 6.73. The van der Waals surface area contributed by atoms with E-state index in [0.29, 0.717) is 0 Å². The number of piperidine rings is 1. The van der Waals surface area contributed by atoms with Crippen LogP contribution in [0.2, 0.25) is 0 Å². The van der Waals surface area contributed by atoms with Crippen molar-refractivity contribution in [2.45, 2.75) is 45.6 Å². The first-order valence-electron chi connectivity index (χ1n) is 9.02. The normalized spacial score (nSPS) is 18.1. The lowest BCUT2D eigenvalue weighted by atomic mass is 10.0. The molecule has 3 rings (SSSR count). The standard InChI is InChI=1S/C18H26BrN5O/c1-3-11(4-2)18(25)23-14-9-22-17-15(14)16(13(19)8-21-17)24-7-5-6-12(20)10-24/h8-9,11-12H,3-7,10,20H2,1-2H3,(H,21,22)(H,23,25)/t12-/m1/s1. The van der Waals surface area contributed by atoms with Gasteiger partial charge in [-0.25, -0.2) is 4.98 Å². The lowest BCUT2D eigenvalue weighted by Crippen LogP contribution is -2.43. The van der Waals surface area contributed by atoms with E-state index >= 15 is 0 Å². The largest absolute Gasteiger partial charge is 0.368 e. The highest BCUT2D eigenvalue weighted by molar-refractivity contribution is 9.10. The molecule has 1 aliphatic rings. The van der Waals surface area contributed by atoms with Gasteiger partial charge in [0, 0.05) is 37.4 Å². The molecule has 2 aromatic heterocycles. The van der Waals surface area contributed by atoms with E-state index < -0.39 is 0 Å². The number of aromatic amines is 1. The van der Waals surface area contributed by atoms with Crippen LogP contribution in [-0.2, 0) is 4.79 Å². The summed E-state index contributed by atoms with van der Waals surface area (Å²) in [7, 11) is 0. The van der Waals surface area contributed by atoms with Crippen LogP contribution in [0.4, 0.5) is 11.4 Å². The van der Waals surface area contributed by atoms with Gasteiger partial charge in [-0.1, -0.05) is 13.8 Å². The third-order valence-corrected chi connectivity index (χ3v) is 5.60. The minimum Gasteiger partial charge on any atom is -0.368 e. The van der Waals surface area contributed by atoms with Crippen molar-refractivity contribution in [3.05, 3.63) is 16.9 Å². The highest BCUT2D eigenvalue weighted by Gasteiger charge is 2.24. The van der Waals surface area contributed by atoms with Crippen molar-refractivity contribution in [2.75, 3.05) is 23.3 Å². The third kappa shape index (κ3) is 3.67. The van der Waals surface area contributed by atoms with Gasteiger partial charge in [-0.15, -0.1) is 0 Å². The first-order chi connectivity index (χ1) is 12.0. The Balaban J connectivity index is 2.00. The number of fused-ring (bicyclic) bond motifs is 1. The number of H-pyrrole nitrogens is 1. The number of nitrogens with one attached hydrogen (secondary N) is 2. The molecule has 0 radical (unpaired) electrons. The van der Waals surface area contributed by atoms with Gasteiger partial charge in [-0.2, -0.15) is 0 Å². The van der Waals surface area contributed by atoms with Crippen molar-refractivity contribution in [2.24, 2.45) is 11.7 Å². The van der Waals surface area contributed by atoms with Crippen LogP contribution in [0.25, 0.3) is 11.0 Å². The number of rotatable bonds is 5. The number of amides is 1. The second-order valence-corrected chi connectivity index (χ2v) is 7.59. The summed E-state index contributed by atoms with van der Waals surface area (Å²) < 4.78 is 0.923. The zero-order valence-corrected chi connectivity index (χ0v) is 16.4. The van der Waals surface area contributed by atoms with Gasteiger partial charge in [0.15, 0.2) is 0 Å². The van der Waals surface area contributed by atoms with Gasteiger partial charge in [0.1, 0.15) is 5.65 Å². The van der Waals surface area contributed by atoms with Gasteiger partial charge in [0.25, 0.3) is 0 Å². The molecule has 0 saturated carbocycles. The Morgan fingerprint density at radius 1 is 1.52 bits per heavy atom. The van der Waals surface area contributed by atoms with E-state index in [1.54, 1.807) is 6.20 Å². The van der Waals surface area contributed by atoms with E-state index in [2.05, 4.69) is 36.1 Å². The van der Waals surface area contributed by atoms with Crippen LogP contribution in [0.1, 0.15) is 39.5 Å². The molecular weight excluding hydrogens is 382 g/mol. The number of carbonyl (C=O) groups is 1. The molecule has 0 spiro atoms. The van der Waals surface area contributed by atoms with E-state index in [4.69, 9.17) is 5.73 Å². The Morgan fingerprint density at radius 2 is 2.28 bits per heavy atom. The number of nitrogens with two attached hydrogens (primary N) is 1. The highest BCUT2D eigenvalue weighted by Crippen LogP contribution is 2.39. The van der Waals surface area contributed by atoms with E-state index in [0.717, 1.165) is 65.7 Å². The Morgan fingerprint density at radius 3 is 2.96 bits per heavy atom. The van der Waals surface area contributed by atoms with Crippen molar-refractivity contribution in [3.63, 3.8) is 0 Å². The molecule has 0 unspecified atom stereocenters. The first kappa shape index (κ1) is 18.2. The zero-order chi connectivity index (χ0) is 18.0. The molecule has 1 saturated heterocycles. The maximum absolute atomic E-state index is 12.6. The summed E-state index contributed by atoms with van der Waals surface area (Å²) >= 11 is 3.64. The molecule has 4 N–H and O–H groups in total. The van der Waals surface area contributed by atoms with Crippen LogP contribution in [0.15, 0.2) is 16.9 Å². The summed E-state index contributed by atoms with van der Waals surface area (Å²) in [4.78, 5) is 22.5. The first-order valence-corrected chi connectivity index (χ1v) is 9.81. The third-order valence-electron chi connectivity index (χ3n) is 5.02. The average molecular weight is 408 g/mol. The fraction of sp³-hybridized carbons (Fsp3) is 0.556. The van der Waals surface area contributed by atoms with Crippen molar-refractivity contribution >= 4 is 44.2 Å². The molecule has 0 bridgehead atoms. The van der Waals surface area contributed by atoms with Crippen molar-refractivity contribution in [1.29, 1.82) is 0 Å². The van der Waals surface area contributed by atoms with Crippen molar-refractivity contribution in [1.82, 2.24) is 9.97 Å². The lowest BCUT2D eigenvalue weighted by molar-refractivity contribution is -0.120. The number of hydrogen-bond acceptors (Lipinski definition) is 4. The summed E-state index contributed by atoms with van der Waals surface area (Å²) in [6, 6.07) is 0.172. The fourth-order valence-corrected chi connectivity index (χ4v) is 4.12. The summed E-state index contributed by atoms with van der Waals surface area (Å²) in [5.74, 6) is 0.0871. The van der Waals surface area contributed by atoms with Gasteiger partial charge in [0.05, 0.1) is 21.2 Å². The number of aromatic nitrogens is 2. The number of carbonyl (C=O) groups excluding carboxylic acids is 1. The summed E-state index contributed by atoms with van der Waals surface area (Å²) in [5.41, 5.74) is 8.80. The summed E-state index contributed by atoms with van der Waals surface area (Å²) in [6.45, 7) is 5.85. The molecule has 7 heteroatoms. The second kappa shape index (κ2) is 7.74. The maximum Gasteiger partial charge on any atom is 0.227 e. The minimum atomic E-state index is 0.0249. The number of pyridine rings is 1. The lowest BCUT2D eigenvalue weighted by Gasteiger charge is -2.33. The Hall–Kier alpha value is -1.60. The molecule has 1 aliphatic heterocycles. The topological polar surface area (TPSA) is 87.0 Å². The SMILES string of the molecule is CCC(CC)C(=O)Nc1c[nH]c2ncc(Br)c(N3CCC[C@@H](N)C3)c12. The Labute approximate surface area is 156 Å². The summed E-state index contributed by atoms with van der Waals surface area (Å²) in [5, 5.41) is 4.04. The molecule has 136 valence electrons.